The SMILES string of the molecule is COC(=O)CC1=CC(=O)N(CC(=O)NC2CCCC2)c2cc(C)c(C)cc2N1. The molecule has 7 heteroatoms. The average Bonchev–Trinajstić information content (AvgIpc) is 3.11. The fourth-order valence-electron chi connectivity index (χ4n) is 3.65. The van der Waals surface area contributed by atoms with Crippen LogP contribution in [0.25, 0.3) is 0 Å². The Morgan fingerprint density at radius 3 is 2.57 bits per heavy atom. The third-order valence-electron chi connectivity index (χ3n) is 5.35. The van der Waals surface area contributed by atoms with Crippen molar-refractivity contribution in [2.75, 3.05) is 23.9 Å². The van der Waals surface area contributed by atoms with Gasteiger partial charge in [0.25, 0.3) is 5.91 Å². The number of nitrogens with zero attached hydrogens (tertiary/aromatic N) is 1. The van der Waals surface area contributed by atoms with E-state index in [-0.39, 0.29) is 30.8 Å². The van der Waals surface area contributed by atoms with E-state index in [0.717, 1.165) is 36.8 Å². The molecule has 1 aliphatic heterocycles. The minimum Gasteiger partial charge on any atom is -0.469 e. The molecule has 0 bridgehead atoms. The van der Waals surface area contributed by atoms with Gasteiger partial charge in [0.05, 0.1) is 24.9 Å². The molecular weight excluding hydrogens is 358 g/mol. The van der Waals surface area contributed by atoms with Gasteiger partial charge < -0.3 is 15.4 Å². The van der Waals surface area contributed by atoms with E-state index in [1.807, 2.05) is 26.0 Å². The molecule has 7 nitrogen and oxygen atoms in total. The zero-order chi connectivity index (χ0) is 20.3. The fraction of sp³-hybridized carbons (Fsp3) is 0.476. The fourth-order valence-corrected chi connectivity index (χ4v) is 3.65. The number of carbonyl (C=O) groups is 3. The molecule has 0 saturated heterocycles. The molecule has 0 atom stereocenters. The lowest BCUT2D eigenvalue weighted by Gasteiger charge is -2.24. The number of nitrogens with one attached hydrogen (secondary N) is 2. The Balaban J connectivity index is 1.89. The van der Waals surface area contributed by atoms with E-state index in [2.05, 4.69) is 10.6 Å². The Kier molecular flexibility index (Phi) is 6.02. The van der Waals surface area contributed by atoms with Crippen molar-refractivity contribution in [3.63, 3.8) is 0 Å². The van der Waals surface area contributed by atoms with E-state index in [1.165, 1.54) is 18.1 Å². The average molecular weight is 385 g/mol. The van der Waals surface area contributed by atoms with E-state index in [9.17, 15) is 14.4 Å². The molecule has 0 spiro atoms. The molecule has 1 aliphatic carbocycles. The number of amides is 2. The van der Waals surface area contributed by atoms with Gasteiger partial charge in [0.1, 0.15) is 6.54 Å². The summed E-state index contributed by atoms with van der Waals surface area (Å²) in [7, 11) is 1.31. The predicted octanol–water partition coefficient (Wildman–Crippen LogP) is 2.57. The van der Waals surface area contributed by atoms with Gasteiger partial charge in [-0.05, 0) is 49.9 Å². The van der Waals surface area contributed by atoms with Crippen molar-refractivity contribution in [2.24, 2.45) is 0 Å². The van der Waals surface area contributed by atoms with Crippen LogP contribution in [0, 0.1) is 13.8 Å². The van der Waals surface area contributed by atoms with Gasteiger partial charge in [-0.15, -0.1) is 0 Å². The van der Waals surface area contributed by atoms with Crippen LogP contribution in [0.15, 0.2) is 23.9 Å². The first-order valence-corrected chi connectivity index (χ1v) is 9.64. The maximum Gasteiger partial charge on any atom is 0.311 e. The van der Waals surface area contributed by atoms with Gasteiger partial charge in [0.15, 0.2) is 0 Å². The summed E-state index contributed by atoms with van der Waals surface area (Å²) in [5, 5.41) is 6.19. The molecule has 0 unspecified atom stereocenters. The van der Waals surface area contributed by atoms with Crippen molar-refractivity contribution >= 4 is 29.2 Å². The highest BCUT2D eigenvalue weighted by molar-refractivity contribution is 6.09. The number of esters is 1. The van der Waals surface area contributed by atoms with Crippen molar-refractivity contribution in [1.82, 2.24) is 5.32 Å². The molecule has 1 saturated carbocycles. The summed E-state index contributed by atoms with van der Waals surface area (Å²) < 4.78 is 4.72. The van der Waals surface area contributed by atoms with E-state index < -0.39 is 5.97 Å². The lowest BCUT2D eigenvalue weighted by molar-refractivity contribution is -0.139. The lowest BCUT2D eigenvalue weighted by atomic mass is 10.1. The van der Waals surface area contributed by atoms with Gasteiger partial charge >= 0.3 is 5.97 Å². The van der Waals surface area contributed by atoms with Crippen molar-refractivity contribution in [3.05, 3.63) is 35.0 Å². The van der Waals surface area contributed by atoms with Crippen LogP contribution < -0.4 is 15.5 Å². The van der Waals surface area contributed by atoms with Gasteiger partial charge in [-0.1, -0.05) is 12.8 Å². The largest absolute Gasteiger partial charge is 0.469 e. The van der Waals surface area contributed by atoms with Crippen LogP contribution in [0.4, 0.5) is 11.4 Å². The molecule has 2 aliphatic rings. The van der Waals surface area contributed by atoms with E-state index in [1.54, 1.807) is 0 Å². The third-order valence-corrected chi connectivity index (χ3v) is 5.35. The number of benzene rings is 1. The highest BCUT2D eigenvalue weighted by Crippen LogP contribution is 2.33. The number of ether oxygens (including phenoxy) is 1. The minimum atomic E-state index is -0.440. The predicted molar refractivity (Wildman–Crippen MR) is 107 cm³/mol. The van der Waals surface area contributed by atoms with Gasteiger partial charge in [-0.25, -0.2) is 0 Å². The summed E-state index contributed by atoms with van der Waals surface area (Å²) in [6, 6.07) is 4.02. The Hall–Kier alpha value is -2.83. The molecular formula is C21H27N3O4. The number of hydrogen-bond donors (Lipinski definition) is 2. The molecule has 2 amide bonds. The van der Waals surface area contributed by atoms with E-state index >= 15 is 0 Å². The van der Waals surface area contributed by atoms with Crippen LogP contribution in [0.3, 0.4) is 0 Å². The smallest absolute Gasteiger partial charge is 0.311 e. The maximum atomic E-state index is 12.9. The molecule has 28 heavy (non-hydrogen) atoms. The minimum absolute atomic E-state index is 0.0449. The summed E-state index contributed by atoms with van der Waals surface area (Å²) in [6.07, 6.45) is 5.54. The van der Waals surface area contributed by atoms with Gasteiger partial charge in [0, 0.05) is 17.8 Å². The summed E-state index contributed by atoms with van der Waals surface area (Å²) in [4.78, 5) is 38.6. The number of anilines is 2. The third kappa shape index (κ3) is 4.52. The standard InChI is InChI=1S/C21H27N3O4/c1-13-8-17-18(9-14(13)2)24(12-19(25)23-15-6-4-5-7-15)20(26)10-16(22-17)11-21(27)28-3/h8-10,15,22H,4-7,11-12H2,1-3H3,(H,23,25). The maximum absolute atomic E-state index is 12.9. The van der Waals surface area contributed by atoms with E-state index in [4.69, 9.17) is 4.74 Å². The number of methoxy groups -OCH3 is 1. The number of rotatable bonds is 5. The van der Waals surface area contributed by atoms with Crippen LogP contribution >= 0.6 is 0 Å². The highest BCUT2D eigenvalue weighted by atomic mass is 16.5. The zero-order valence-corrected chi connectivity index (χ0v) is 16.6. The normalized spacial score (nSPS) is 16.8. The van der Waals surface area contributed by atoms with E-state index in [0.29, 0.717) is 17.1 Å². The number of aryl methyl sites for hydroxylation is 2. The van der Waals surface area contributed by atoms with Gasteiger partial charge in [-0.3, -0.25) is 19.3 Å². The van der Waals surface area contributed by atoms with Crippen molar-refractivity contribution in [1.29, 1.82) is 0 Å². The summed E-state index contributed by atoms with van der Waals surface area (Å²) in [6.45, 7) is 3.88. The van der Waals surface area contributed by atoms with Gasteiger partial charge in [0.2, 0.25) is 5.91 Å². The first-order valence-electron chi connectivity index (χ1n) is 9.64. The molecule has 0 aromatic heterocycles. The van der Waals surface area contributed by atoms with Gasteiger partial charge in [-0.2, -0.15) is 0 Å². The van der Waals surface area contributed by atoms with Crippen LogP contribution in [0.5, 0.6) is 0 Å². The second-order valence-corrected chi connectivity index (χ2v) is 7.47. The summed E-state index contributed by atoms with van der Waals surface area (Å²) >= 11 is 0. The quantitative estimate of drug-likeness (QED) is 0.761. The van der Waals surface area contributed by atoms with Crippen LogP contribution in [0.2, 0.25) is 0 Å². The van der Waals surface area contributed by atoms with Crippen molar-refractivity contribution < 1.29 is 19.1 Å². The molecule has 1 heterocycles. The molecule has 1 aromatic carbocycles. The molecule has 1 aromatic rings. The summed E-state index contributed by atoms with van der Waals surface area (Å²) in [5.41, 5.74) is 3.84. The number of carbonyl (C=O) groups excluding carboxylic acids is 3. The first-order chi connectivity index (χ1) is 13.4. The van der Waals surface area contributed by atoms with Crippen LogP contribution in [-0.2, 0) is 19.1 Å². The highest BCUT2D eigenvalue weighted by Gasteiger charge is 2.27. The first kappa shape index (κ1) is 19.9. The van der Waals surface area contributed by atoms with Crippen LogP contribution in [0.1, 0.15) is 43.2 Å². The molecule has 1 fully saturated rings. The second-order valence-electron chi connectivity index (χ2n) is 7.47. The second kappa shape index (κ2) is 8.46. The Morgan fingerprint density at radius 2 is 1.89 bits per heavy atom. The molecule has 3 rings (SSSR count). The molecule has 150 valence electrons. The summed E-state index contributed by atoms with van der Waals surface area (Å²) in [5.74, 6) is -0.950. The topological polar surface area (TPSA) is 87.7 Å². The molecule has 2 N–H and O–H groups in total. The van der Waals surface area contributed by atoms with Crippen LogP contribution in [-0.4, -0.2) is 37.5 Å². The Morgan fingerprint density at radius 1 is 1.21 bits per heavy atom. The Bertz CT molecular complexity index is 825. The van der Waals surface area contributed by atoms with Crippen molar-refractivity contribution in [2.45, 2.75) is 52.0 Å². The monoisotopic (exact) mass is 385 g/mol. The Labute approximate surface area is 165 Å². The molecule has 0 radical (unpaired) electrons. The lowest BCUT2D eigenvalue weighted by Crippen LogP contribution is -2.43. The van der Waals surface area contributed by atoms with Crippen molar-refractivity contribution in [3.8, 4) is 0 Å². The number of fused-ring (bicyclic) bond motifs is 1. The zero-order valence-electron chi connectivity index (χ0n) is 16.6. The number of hydrogen-bond acceptors (Lipinski definition) is 5.